The third-order valence-corrected chi connectivity index (χ3v) is 6.49. The Kier molecular flexibility index (Phi) is 9.28. The van der Waals surface area contributed by atoms with Gasteiger partial charge in [-0.1, -0.05) is 67.6 Å². The Bertz CT molecular complexity index is 1120. The zero-order valence-electron chi connectivity index (χ0n) is 19.9. The van der Waals surface area contributed by atoms with Crippen LogP contribution in [0, 0.1) is 6.92 Å². The summed E-state index contributed by atoms with van der Waals surface area (Å²) < 4.78 is 6.69. The summed E-state index contributed by atoms with van der Waals surface area (Å²) in [5.41, 5.74) is 4.22. The second-order valence-corrected chi connectivity index (χ2v) is 9.03. The van der Waals surface area contributed by atoms with Crippen LogP contribution in [-0.2, 0) is 29.0 Å². The van der Waals surface area contributed by atoms with Crippen molar-refractivity contribution in [1.29, 1.82) is 0 Å². The van der Waals surface area contributed by atoms with Crippen LogP contribution in [0.3, 0.4) is 0 Å². The molecule has 0 heterocycles. The third-order valence-electron chi connectivity index (χ3n) is 5.88. The van der Waals surface area contributed by atoms with Crippen LogP contribution < -0.4 is 10.1 Å². The quantitative estimate of drug-likeness (QED) is 0.403. The highest BCUT2D eigenvalue weighted by atomic mass is 79.9. The van der Waals surface area contributed by atoms with Crippen LogP contribution in [0.1, 0.15) is 29.2 Å². The summed E-state index contributed by atoms with van der Waals surface area (Å²) in [5, 5.41) is 2.74. The molecular weight excluding hydrogens is 492 g/mol. The van der Waals surface area contributed by atoms with E-state index in [-0.39, 0.29) is 18.4 Å². The van der Waals surface area contributed by atoms with Gasteiger partial charge >= 0.3 is 0 Å². The fraction of sp³-hybridized carbons (Fsp3) is 0.286. The van der Waals surface area contributed by atoms with Crippen LogP contribution in [-0.4, -0.2) is 36.4 Å². The molecule has 0 aromatic heterocycles. The molecule has 1 unspecified atom stereocenters. The first kappa shape index (κ1) is 25.5. The summed E-state index contributed by atoms with van der Waals surface area (Å²) in [6.07, 6.45) is 1.32. The third kappa shape index (κ3) is 6.70. The van der Waals surface area contributed by atoms with E-state index in [1.165, 1.54) is 5.56 Å². The molecule has 34 heavy (non-hydrogen) atoms. The summed E-state index contributed by atoms with van der Waals surface area (Å²) in [4.78, 5) is 28.1. The Hall–Kier alpha value is -3.12. The normalized spacial score (nSPS) is 11.5. The first-order valence-corrected chi connectivity index (χ1v) is 12.2. The minimum absolute atomic E-state index is 0.168. The summed E-state index contributed by atoms with van der Waals surface area (Å²) in [6.45, 7) is 4.24. The first-order chi connectivity index (χ1) is 16.4. The van der Waals surface area contributed by atoms with Crippen molar-refractivity contribution in [3.8, 4) is 5.75 Å². The van der Waals surface area contributed by atoms with E-state index in [1.807, 2.05) is 79.7 Å². The molecule has 0 fully saturated rings. The molecule has 0 spiro atoms. The lowest BCUT2D eigenvalue weighted by atomic mass is 10.0. The van der Waals surface area contributed by atoms with Crippen molar-refractivity contribution < 1.29 is 14.3 Å². The van der Waals surface area contributed by atoms with Crippen LogP contribution in [0.2, 0.25) is 0 Å². The molecule has 3 rings (SSSR count). The highest BCUT2D eigenvalue weighted by molar-refractivity contribution is 9.10. The number of hydrogen-bond acceptors (Lipinski definition) is 3. The van der Waals surface area contributed by atoms with E-state index in [4.69, 9.17) is 4.74 Å². The van der Waals surface area contributed by atoms with Crippen molar-refractivity contribution in [1.82, 2.24) is 10.2 Å². The van der Waals surface area contributed by atoms with Crippen molar-refractivity contribution in [2.24, 2.45) is 0 Å². The standard InChI is InChI=1S/C28H31BrN2O3/c1-4-21-14-15-26(24(29)16-21)34-19-27(32)31(18-23-13-9-8-10-20(23)2)25(28(33)30-3)17-22-11-6-5-7-12-22/h5-16,25H,4,17-19H2,1-3H3,(H,30,33). The van der Waals surface area contributed by atoms with Gasteiger partial charge < -0.3 is 15.0 Å². The van der Waals surface area contributed by atoms with E-state index in [0.717, 1.165) is 27.6 Å². The second-order valence-electron chi connectivity index (χ2n) is 8.17. The monoisotopic (exact) mass is 522 g/mol. The average Bonchev–Trinajstić information content (AvgIpc) is 2.86. The second kappa shape index (κ2) is 12.4. The van der Waals surface area contributed by atoms with Gasteiger partial charge in [0.25, 0.3) is 5.91 Å². The van der Waals surface area contributed by atoms with E-state index >= 15 is 0 Å². The van der Waals surface area contributed by atoms with Crippen molar-refractivity contribution in [3.63, 3.8) is 0 Å². The van der Waals surface area contributed by atoms with E-state index < -0.39 is 6.04 Å². The lowest BCUT2D eigenvalue weighted by Crippen LogP contribution is -2.51. The molecule has 1 N–H and O–H groups in total. The topological polar surface area (TPSA) is 58.6 Å². The number of benzene rings is 3. The van der Waals surface area contributed by atoms with Gasteiger partial charge in [0.2, 0.25) is 5.91 Å². The van der Waals surface area contributed by atoms with Gasteiger partial charge in [0.15, 0.2) is 6.61 Å². The predicted molar refractivity (Wildman–Crippen MR) is 139 cm³/mol. The fourth-order valence-corrected chi connectivity index (χ4v) is 4.34. The maximum atomic E-state index is 13.5. The molecule has 2 amide bonds. The molecule has 0 saturated heterocycles. The summed E-state index contributed by atoms with van der Waals surface area (Å²) in [5.74, 6) is 0.138. The summed E-state index contributed by atoms with van der Waals surface area (Å²) in [7, 11) is 1.60. The number of nitrogens with one attached hydrogen (secondary N) is 1. The molecule has 3 aromatic carbocycles. The number of likely N-dealkylation sites (N-methyl/N-ethyl adjacent to an activating group) is 1. The molecule has 0 radical (unpaired) electrons. The van der Waals surface area contributed by atoms with Gasteiger partial charge in [-0.05, 0) is 63.7 Å². The minimum Gasteiger partial charge on any atom is -0.483 e. The zero-order valence-corrected chi connectivity index (χ0v) is 21.5. The van der Waals surface area contributed by atoms with Gasteiger partial charge in [-0.3, -0.25) is 9.59 Å². The number of carbonyl (C=O) groups excluding carboxylic acids is 2. The lowest BCUT2D eigenvalue weighted by Gasteiger charge is -2.31. The van der Waals surface area contributed by atoms with E-state index in [0.29, 0.717) is 18.7 Å². The van der Waals surface area contributed by atoms with Crippen molar-refractivity contribution in [2.75, 3.05) is 13.7 Å². The number of nitrogens with zero attached hydrogens (tertiary/aromatic N) is 1. The summed E-state index contributed by atoms with van der Waals surface area (Å²) >= 11 is 3.53. The number of carbonyl (C=O) groups is 2. The van der Waals surface area contributed by atoms with Crippen LogP contribution in [0.15, 0.2) is 77.3 Å². The minimum atomic E-state index is -0.672. The van der Waals surface area contributed by atoms with Crippen LogP contribution >= 0.6 is 15.9 Å². The van der Waals surface area contributed by atoms with Crippen LogP contribution in [0.5, 0.6) is 5.75 Å². The molecule has 6 heteroatoms. The molecule has 1 atom stereocenters. The van der Waals surface area contributed by atoms with E-state index in [9.17, 15) is 9.59 Å². The van der Waals surface area contributed by atoms with Crippen LogP contribution in [0.25, 0.3) is 0 Å². The van der Waals surface area contributed by atoms with Crippen molar-refractivity contribution in [3.05, 3.63) is 99.5 Å². The highest BCUT2D eigenvalue weighted by Crippen LogP contribution is 2.26. The maximum Gasteiger partial charge on any atom is 0.261 e. The lowest BCUT2D eigenvalue weighted by molar-refractivity contribution is -0.142. The molecule has 178 valence electrons. The van der Waals surface area contributed by atoms with E-state index in [2.05, 4.69) is 28.2 Å². The fourth-order valence-electron chi connectivity index (χ4n) is 3.80. The van der Waals surface area contributed by atoms with Gasteiger partial charge in [0, 0.05) is 20.0 Å². The molecule has 0 saturated carbocycles. The highest BCUT2D eigenvalue weighted by Gasteiger charge is 2.30. The number of rotatable bonds is 10. The Balaban J connectivity index is 1.88. The molecule has 0 aliphatic heterocycles. The van der Waals surface area contributed by atoms with Gasteiger partial charge in [-0.25, -0.2) is 0 Å². The Morgan fingerprint density at radius 3 is 2.35 bits per heavy atom. The predicted octanol–water partition coefficient (Wildman–Crippen LogP) is 5.08. The van der Waals surface area contributed by atoms with Gasteiger partial charge in [-0.2, -0.15) is 0 Å². The molecule has 0 bridgehead atoms. The number of aryl methyl sites for hydroxylation is 2. The van der Waals surface area contributed by atoms with Gasteiger partial charge in [-0.15, -0.1) is 0 Å². The van der Waals surface area contributed by atoms with Crippen molar-refractivity contribution >= 4 is 27.7 Å². The molecule has 0 aliphatic rings. The molecule has 3 aromatic rings. The van der Waals surface area contributed by atoms with Gasteiger partial charge in [0.05, 0.1) is 4.47 Å². The average molecular weight is 523 g/mol. The Labute approximate surface area is 210 Å². The number of amides is 2. The van der Waals surface area contributed by atoms with Gasteiger partial charge in [0.1, 0.15) is 11.8 Å². The first-order valence-electron chi connectivity index (χ1n) is 11.4. The summed E-state index contributed by atoms with van der Waals surface area (Å²) in [6, 6.07) is 22.8. The number of halogens is 1. The molecular formula is C28H31BrN2O3. The number of ether oxygens (including phenoxy) is 1. The SMILES string of the molecule is CCc1ccc(OCC(=O)N(Cc2ccccc2C)C(Cc2ccccc2)C(=O)NC)c(Br)c1. The largest absolute Gasteiger partial charge is 0.483 e. The zero-order chi connectivity index (χ0) is 24.5. The maximum absolute atomic E-state index is 13.5. The molecule has 0 aliphatic carbocycles. The number of hydrogen-bond donors (Lipinski definition) is 1. The smallest absolute Gasteiger partial charge is 0.261 e. The molecule has 5 nitrogen and oxygen atoms in total. The van der Waals surface area contributed by atoms with Crippen LogP contribution in [0.4, 0.5) is 0 Å². The van der Waals surface area contributed by atoms with E-state index in [1.54, 1.807) is 11.9 Å². The Morgan fingerprint density at radius 2 is 1.71 bits per heavy atom. The Morgan fingerprint density at radius 1 is 1.00 bits per heavy atom. The van der Waals surface area contributed by atoms with Crippen molar-refractivity contribution in [2.45, 2.75) is 39.3 Å².